The standard InChI is InChI=1S/C16H20N2O4/c1-3-14(19)17-12-5-7-13(8-6-12)18-10-11(9-15(18)20)16(21)22-4-2/h5-8,11H,3-4,9-10H2,1-2H3,(H,17,19)/t11-/m0/s1. The van der Waals surface area contributed by atoms with Gasteiger partial charge in [-0.1, -0.05) is 6.92 Å². The topological polar surface area (TPSA) is 75.7 Å². The quantitative estimate of drug-likeness (QED) is 0.844. The zero-order valence-corrected chi connectivity index (χ0v) is 12.8. The molecule has 0 saturated carbocycles. The summed E-state index contributed by atoms with van der Waals surface area (Å²) in [5.74, 6) is -0.895. The number of hydrogen-bond acceptors (Lipinski definition) is 4. The van der Waals surface area contributed by atoms with Gasteiger partial charge in [0.1, 0.15) is 0 Å². The first-order chi connectivity index (χ1) is 10.5. The highest BCUT2D eigenvalue weighted by molar-refractivity contribution is 5.99. The average Bonchev–Trinajstić information content (AvgIpc) is 2.90. The van der Waals surface area contributed by atoms with Crippen molar-refractivity contribution in [2.75, 3.05) is 23.4 Å². The Morgan fingerprint density at radius 1 is 1.27 bits per heavy atom. The van der Waals surface area contributed by atoms with Crippen LogP contribution in [0.25, 0.3) is 0 Å². The minimum atomic E-state index is -0.410. The van der Waals surface area contributed by atoms with Gasteiger partial charge in [0.2, 0.25) is 11.8 Å². The highest BCUT2D eigenvalue weighted by atomic mass is 16.5. The Bertz CT molecular complexity index is 568. The van der Waals surface area contributed by atoms with E-state index in [2.05, 4.69) is 5.32 Å². The van der Waals surface area contributed by atoms with Gasteiger partial charge in [-0.25, -0.2) is 0 Å². The van der Waals surface area contributed by atoms with Crippen LogP contribution < -0.4 is 10.2 Å². The summed E-state index contributed by atoms with van der Waals surface area (Å²) in [6.07, 6.45) is 0.584. The molecule has 22 heavy (non-hydrogen) atoms. The number of ether oxygens (including phenoxy) is 1. The normalized spacial score (nSPS) is 17.5. The molecule has 1 aromatic carbocycles. The van der Waals surface area contributed by atoms with Gasteiger partial charge in [-0.3, -0.25) is 14.4 Å². The molecule has 2 amide bonds. The first kappa shape index (κ1) is 16.0. The fourth-order valence-corrected chi connectivity index (χ4v) is 2.35. The molecule has 6 nitrogen and oxygen atoms in total. The van der Waals surface area contributed by atoms with Gasteiger partial charge >= 0.3 is 5.97 Å². The lowest BCUT2D eigenvalue weighted by molar-refractivity contribution is -0.147. The van der Waals surface area contributed by atoms with Crippen molar-refractivity contribution in [3.8, 4) is 0 Å². The van der Waals surface area contributed by atoms with Crippen LogP contribution in [0, 0.1) is 5.92 Å². The first-order valence-corrected chi connectivity index (χ1v) is 7.42. The minimum Gasteiger partial charge on any atom is -0.466 e. The van der Waals surface area contributed by atoms with Crippen LogP contribution in [0.4, 0.5) is 11.4 Å². The van der Waals surface area contributed by atoms with Crippen LogP contribution in [-0.4, -0.2) is 30.9 Å². The van der Waals surface area contributed by atoms with E-state index < -0.39 is 5.92 Å². The Morgan fingerprint density at radius 3 is 2.55 bits per heavy atom. The number of nitrogens with zero attached hydrogens (tertiary/aromatic N) is 1. The Morgan fingerprint density at radius 2 is 1.95 bits per heavy atom. The third-order valence-electron chi connectivity index (χ3n) is 3.53. The molecule has 0 radical (unpaired) electrons. The van der Waals surface area contributed by atoms with E-state index in [1.807, 2.05) is 0 Å². The summed E-state index contributed by atoms with van der Waals surface area (Å²) in [6, 6.07) is 7.01. The second-order valence-electron chi connectivity index (χ2n) is 5.11. The molecule has 1 atom stereocenters. The van der Waals surface area contributed by atoms with Gasteiger partial charge in [-0.05, 0) is 31.2 Å². The maximum absolute atomic E-state index is 12.1. The van der Waals surface area contributed by atoms with Gasteiger partial charge < -0.3 is 15.0 Å². The number of carbonyl (C=O) groups excluding carboxylic acids is 3. The Balaban J connectivity index is 2.04. The molecule has 6 heteroatoms. The summed E-state index contributed by atoms with van der Waals surface area (Å²) in [5, 5.41) is 2.75. The van der Waals surface area contributed by atoms with Crippen LogP contribution >= 0.6 is 0 Å². The van der Waals surface area contributed by atoms with Gasteiger partial charge in [0, 0.05) is 30.8 Å². The molecule has 0 bridgehead atoms. The van der Waals surface area contributed by atoms with Crippen molar-refractivity contribution in [3.05, 3.63) is 24.3 Å². The molecular weight excluding hydrogens is 284 g/mol. The van der Waals surface area contributed by atoms with Crippen molar-refractivity contribution in [2.45, 2.75) is 26.7 Å². The highest BCUT2D eigenvalue weighted by Gasteiger charge is 2.35. The summed E-state index contributed by atoms with van der Waals surface area (Å²) < 4.78 is 4.97. The van der Waals surface area contributed by atoms with Crippen LogP contribution in [0.1, 0.15) is 26.7 Å². The fourth-order valence-electron chi connectivity index (χ4n) is 2.35. The van der Waals surface area contributed by atoms with Gasteiger partial charge in [0.05, 0.1) is 12.5 Å². The Labute approximate surface area is 129 Å². The zero-order valence-electron chi connectivity index (χ0n) is 12.8. The molecule has 2 rings (SSSR count). The molecule has 0 spiro atoms. The lowest BCUT2D eigenvalue weighted by Gasteiger charge is -2.17. The van der Waals surface area contributed by atoms with E-state index in [4.69, 9.17) is 4.74 Å². The number of amides is 2. The fraction of sp³-hybridized carbons (Fsp3) is 0.438. The number of esters is 1. The Hall–Kier alpha value is -2.37. The number of hydrogen-bond donors (Lipinski definition) is 1. The second-order valence-corrected chi connectivity index (χ2v) is 5.11. The van der Waals surface area contributed by atoms with E-state index in [-0.39, 0.29) is 24.2 Å². The molecule has 1 aliphatic heterocycles. The largest absolute Gasteiger partial charge is 0.466 e. The maximum atomic E-state index is 12.1. The van der Waals surface area contributed by atoms with Crippen LogP contribution in [0.15, 0.2) is 24.3 Å². The molecule has 1 fully saturated rings. The predicted molar refractivity (Wildman–Crippen MR) is 82.5 cm³/mol. The predicted octanol–water partition coefficient (Wildman–Crippen LogP) is 1.95. The van der Waals surface area contributed by atoms with E-state index in [1.54, 1.807) is 43.0 Å². The van der Waals surface area contributed by atoms with Crippen LogP contribution in [-0.2, 0) is 19.1 Å². The lowest BCUT2D eigenvalue weighted by Crippen LogP contribution is -2.26. The van der Waals surface area contributed by atoms with E-state index in [0.717, 1.165) is 0 Å². The number of nitrogens with one attached hydrogen (secondary N) is 1. The number of carbonyl (C=O) groups is 3. The highest BCUT2D eigenvalue weighted by Crippen LogP contribution is 2.27. The molecule has 1 aliphatic rings. The summed E-state index contributed by atoms with van der Waals surface area (Å²) >= 11 is 0. The second kappa shape index (κ2) is 7.06. The van der Waals surface area contributed by atoms with Crippen molar-refractivity contribution < 1.29 is 19.1 Å². The summed E-state index contributed by atoms with van der Waals surface area (Å²) in [6.45, 7) is 4.17. The van der Waals surface area contributed by atoms with Gasteiger partial charge in [-0.15, -0.1) is 0 Å². The molecular formula is C16H20N2O4. The van der Waals surface area contributed by atoms with Gasteiger partial charge in [-0.2, -0.15) is 0 Å². The van der Waals surface area contributed by atoms with Gasteiger partial charge in [0.25, 0.3) is 0 Å². The van der Waals surface area contributed by atoms with Crippen LogP contribution in [0.3, 0.4) is 0 Å². The van der Waals surface area contributed by atoms with Crippen molar-refractivity contribution in [1.29, 1.82) is 0 Å². The number of anilines is 2. The smallest absolute Gasteiger partial charge is 0.311 e. The average molecular weight is 304 g/mol. The summed E-state index contributed by atoms with van der Waals surface area (Å²) in [4.78, 5) is 36.7. The summed E-state index contributed by atoms with van der Waals surface area (Å²) in [7, 11) is 0. The van der Waals surface area contributed by atoms with E-state index in [0.29, 0.717) is 30.9 Å². The van der Waals surface area contributed by atoms with E-state index in [9.17, 15) is 14.4 Å². The molecule has 0 unspecified atom stereocenters. The summed E-state index contributed by atoms with van der Waals surface area (Å²) in [5.41, 5.74) is 1.40. The third-order valence-corrected chi connectivity index (χ3v) is 3.53. The molecule has 1 N–H and O–H groups in total. The van der Waals surface area contributed by atoms with E-state index >= 15 is 0 Å². The SMILES string of the molecule is CCOC(=O)[C@H]1CC(=O)N(c2ccc(NC(=O)CC)cc2)C1. The maximum Gasteiger partial charge on any atom is 0.311 e. The molecule has 118 valence electrons. The molecule has 1 saturated heterocycles. The van der Waals surface area contributed by atoms with Crippen molar-refractivity contribution in [1.82, 2.24) is 0 Å². The van der Waals surface area contributed by atoms with Crippen molar-refractivity contribution in [3.63, 3.8) is 0 Å². The van der Waals surface area contributed by atoms with E-state index in [1.165, 1.54) is 0 Å². The molecule has 1 aromatic rings. The first-order valence-electron chi connectivity index (χ1n) is 7.42. The van der Waals surface area contributed by atoms with Crippen LogP contribution in [0.5, 0.6) is 0 Å². The van der Waals surface area contributed by atoms with Gasteiger partial charge in [0.15, 0.2) is 0 Å². The molecule has 1 heterocycles. The Kier molecular flexibility index (Phi) is 5.14. The number of benzene rings is 1. The van der Waals surface area contributed by atoms with Crippen molar-refractivity contribution >= 4 is 29.2 Å². The monoisotopic (exact) mass is 304 g/mol. The third kappa shape index (κ3) is 3.63. The zero-order chi connectivity index (χ0) is 16.1. The van der Waals surface area contributed by atoms with Crippen LogP contribution in [0.2, 0.25) is 0 Å². The van der Waals surface area contributed by atoms with Crippen molar-refractivity contribution in [2.24, 2.45) is 5.92 Å². The lowest BCUT2D eigenvalue weighted by atomic mass is 10.1. The molecule has 0 aliphatic carbocycles. The minimum absolute atomic E-state index is 0.0626. The molecule has 0 aromatic heterocycles. The number of rotatable bonds is 5.